The van der Waals surface area contributed by atoms with Gasteiger partial charge in [-0.3, -0.25) is 4.90 Å². The first-order valence-electron chi connectivity index (χ1n) is 4.78. The molecule has 1 N–H and O–H groups in total. The van der Waals surface area contributed by atoms with Crippen molar-refractivity contribution < 1.29 is 5.11 Å². The van der Waals surface area contributed by atoms with Crippen LogP contribution in [0.4, 0.5) is 0 Å². The highest BCUT2D eigenvalue weighted by molar-refractivity contribution is 4.89. The quantitative estimate of drug-likeness (QED) is 0.610. The van der Waals surface area contributed by atoms with E-state index in [1.165, 1.54) is 38.6 Å². The van der Waals surface area contributed by atoms with Gasteiger partial charge in [-0.15, -0.1) is 0 Å². The maximum atomic E-state index is 9.06. The molecular weight excluding hydrogens is 138 g/mol. The molecular formula is C9H17NO. The van der Waals surface area contributed by atoms with Gasteiger partial charge in [0.05, 0.1) is 6.61 Å². The number of nitrogens with zero attached hydrogens (tertiary/aromatic N) is 1. The molecule has 2 saturated heterocycles. The normalized spacial score (nSPS) is 39.0. The number of aliphatic hydroxyl groups excluding tert-OH is 1. The SMILES string of the molecule is OC[C@@H]1CC[C@H]2CCCCN21. The Morgan fingerprint density at radius 2 is 2.09 bits per heavy atom. The molecule has 0 aromatic heterocycles. The van der Waals surface area contributed by atoms with Crippen LogP contribution in [0, 0.1) is 0 Å². The van der Waals surface area contributed by atoms with Crippen molar-refractivity contribution in [1.29, 1.82) is 0 Å². The van der Waals surface area contributed by atoms with Crippen molar-refractivity contribution in [3.05, 3.63) is 0 Å². The minimum Gasteiger partial charge on any atom is -0.395 e. The average Bonchev–Trinajstić information content (AvgIpc) is 2.47. The van der Waals surface area contributed by atoms with Gasteiger partial charge in [0, 0.05) is 12.1 Å². The van der Waals surface area contributed by atoms with Gasteiger partial charge in [-0.25, -0.2) is 0 Å². The third-order valence-corrected chi connectivity index (χ3v) is 3.19. The molecule has 2 aliphatic heterocycles. The summed E-state index contributed by atoms with van der Waals surface area (Å²) >= 11 is 0. The first kappa shape index (κ1) is 7.56. The molecule has 2 fully saturated rings. The topological polar surface area (TPSA) is 23.5 Å². The molecule has 2 nitrogen and oxygen atoms in total. The molecule has 0 amide bonds. The molecule has 0 spiro atoms. The van der Waals surface area contributed by atoms with Crippen LogP contribution in [-0.2, 0) is 0 Å². The summed E-state index contributed by atoms with van der Waals surface area (Å²) in [5.74, 6) is 0. The van der Waals surface area contributed by atoms with Crippen molar-refractivity contribution in [3.63, 3.8) is 0 Å². The summed E-state index contributed by atoms with van der Waals surface area (Å²) in [6.45, 7) is 1.60. The van der Waals surface area contributed by atoms with Gasteiger partial charge in [-0.1, -0.05) is 6.42 Å². The zero-order chi connectivity index (χ0) is 7.68. The maximum absolute atomic E-state index is 9.06. The van der Waals surface area contributed by atoms with E-state index < -0.39 is 0 Å². The van der Waals surface area contributed by atoms with Crippen molar-refractivity contribution in [2.24, 2.45) is 0 Å². The Balaban J connectivity index is 1.98. The van der Waals surface area contributed by atoms with Gasteiger partial charge in [-0.2, -0.15) is 0 Å². The average molecular weight is 155 g/mol. The van der Waals surface area contributed by atoms with E-state index in [1.54, 1.807) is 0 Å². The number of rotatable bonds is 1. The summed E-state index contributed by atoms with van der Waals surface area (Å²) in [5, 5.41) is 9.06. The van der Waals surface area contributed by atoms with E-state index in [4.69, 9.17) is 5.11 Å². The van der Waals surface area contributed by atoms with Gasteiger partial charge in [0.2, 0.25) is 0 Å². The summed E-state index contributed by atoms with van der Waals surface area (Å²) in [7, 11) is 0. The van der Waals surface area contributed by atoms with E-state index in [0.29, 0.717) is 12.6 Å². The number of fused-ring (bicyclic) bond motifs is 1. The van der Waals surface area contributed by atoms with Crippen LogP contribution in [0.3, 0.4) is 0 Å². The molecule has 0 radical (unpaired) electrons. The van der Waals surface area contributed by atoms with Crippen LogP contribution in [0.15, 0.2) is 0 Å². The van der Waals surface area contributed by atoms with Gasteiger partial charge >= 0.3 is 0 Å². The zero-order valence-corrected chi connectivity index (χ0v) is 7.00. The molecule has 2 heteroatoms. The summed E-state index contributed by atoms with van der Waals surface area (Å²) in [4.78, 5) is 2.52. The molecule has 0 aliphatic carbocycles. The third kappa shape index (κ3) is 1.30. The largest absolute Gasteiger partial charge is 0.395 e. The van der Waals surface area contributed by atoms with E-state index in [-0.39, 0.29) is 0 Å². The molecule has 2 rings (SSSR count). The summed E-state index contributed by atoms with van der Waals surface area (Å²) < 4.78 is 0. The lowest BCUT2D eigenvalue weighted by Crippen LogP contribution is -2.41. The molecule has 2 heterocycles. The Labute approximate surface area is 68.2 Å². The van der Waals surface area contributed by atoms with Gasteiger partial charge in [0.25, 0.3) is 0 Å². The van der Waals surface area contributed by atoms with Crippen LogP contribution in [-0.4, -0.2) is 35.2 Å². The van der Waals surface area contributed by atoms with Crippen LogP contribution >= 0.6 is 0 Å². The lowest BCUT2D eigenvalue weighted by molar-refractivity contribution is 0.104. The first-order chi connectivity index (χ1) is 5.42. The summed E-state index contributed by atoms with van der Waals surface area (Å²) in [6.07, 6.45) is 6.66. The van der Waals surface area contributed by atoms with Crippen LogP contribution in [0.5, 0.6) is 0 Å². The molecule has 0 bridgehead atoms. The fraction of sp³-hybridized carbons (Fsp3) is 1.00. The molecule has 11 heavy (non-hydrogen) atoms. The molecule has 0 aromatic rings. The first-order valence-corrected chi connectivity index (χ1v) is 4.78. The number of hydrogen-bond donors (Lipinski definition) is 1. The van der Waals surface area contributed by atoms with E-state index in [2.05, 4.69) is 4.90 Å². The third-order valence-electron chi connectivity index (χ3n) is 3.19. The van der Waals surface area contributed by atoms with Gasteiger partial charge < -0.3 is 5.11 Å². The van der Waals surface area contributed by atoms with E-state index in [0.717, 1.165) is 6.04 Å². The van der Waals surface area contributed by atoms with Gasteiger partial charge in [0.15, 0.2) is 0 Å². The minimum absolute atomic E-state index is 0.372. The van der Waals surface area contributed by atoms with Crippen molar-refractivity contribution in [1.82, 2.24) is 4.90 Å². The maximum Gasteiger partial charge on any atom is 0.0586 e. The Bertz CT molecular complexity index is 132. The predicted octanol–water partition coefficient (Wildman–Crippen LogP) is 0.996. The predicted molar refractivity (Wildman–Crippen MR) is 44.5 cm³/mol. The van der Waals surface area contributed by atoms with Gasteiger partial charge in [-0.05, 0) is 32.2 Å². The van der Waals surface area contributed by atoms with Crippen LogP contribution in [0.2, 0.25) is 0 Å². The molecule has 2 aliphatic rings. The Kier molecular flexibility index (Phi) is 2.14. The van der Waals surface area contributed by atoms with E-state index in [1.807, 2.05) is 0 Å². The molecule has 64 valence electrons. The molecule has 0 saturated carbocycles. The highest BCUT2D eigenvalue weighted by Crippen LogP contribution is 2.30. The highest BCUT2D eigenvalue weighted by atomic mass is 16.3. The number of hydrogen-bond acceptors (Lipinski definition) is 2. The molecule has 0 unspecified atom stereocenters. The Hall–Kier alpha value is -0.0800. The van der Waals surface area contributed by atoms with Gasteiger partial charge in [0.1, 0.15) is 0 Å². The molecule has 0 aromatic carbocycles. The second-order valence-electron chi connectivity index (χ2n) is 3.80. The van der Waals surface area contributed by atoms with Crippen LogP contribution in [0.1, 0.15) is 32.1 Å². The molecule has 2 atom stereocenters. The fourth-order valence-electron chi connectivity index (χ4n) is 2.56. The lowest BCUT2D eigenvalue weighted by atomic mass is 10.0. The van der Waals surface area contributed by atoms with Crippen LogP contribution < -0.4 is 0 Å². The Morgan fingerprint density at radius 3 is 2.91 bits per heavy atom. The Morgan fingerprint density at radius 1 is 1.18 bits per heavy atom. The standard InChI is InChI=1S/C9H17NO/c11-7-9-5-4-8-3-1-2-6-10(8)9/h8-9,11H,1-7H2/t8-,9+/m1/s1. The van der Waals surface area contributed by atoms with Crippen molar-refractivity contribution >= 4 is 0 Å². The second kappa shape index (κ2) is 3.11. The lowest BCUT2D eigenvalue weighted by Gasteiger charge is -2.33. The van der Waals surface area contributed by atoms with Crippen molar-refractivity contribution in [3.8, 4) is 0 Å². The van der Waals surface area contributed by atoms with E-state index >= 15 is 0 Å². The summed E-state index contributed by atoms with van der Waals surface area (Å²) in [6, 6.07) is 1.32. The monoisotopic (exact) mass is 155 g/mol. The summed E-state index contributed by atoms with van der Waals surface area (Å²) in [5.41, 5.74) is 0. The minimum atomic E-state index is 0.372. The van der Waals surface area contributed by atoms with E-state index in [9.17, 15) is 0 Å². The number of piperidine rings is 1. The van der Waals surface area contributed by atoms with Crippen molar-refractivity contribution in [2.45, 2.75) is 44.2 Å². The van der Waals surface area contributed by atoms with Crippen molar-refractivity contribution in [2.75, 3.05) is 13.2 Å². The highest BCUT2D eigenvalue weighted by Gasteiger charge is 2.33. The fourth-order valence-corrected chi connectivity index (χ4v) is 2.56. The zero-order valence-electron chi connectivity index (χ0n) is 7.00. The smallest absolute Gasteiger partial charge is 0.0586 e. The number of aliphatic hydroxyl groups is 1. The van der Waals surface area contributed by atoms with Crippen LogP contribution in [0.25, 0.3) is 0 Å². The second-order valence-corrected chi connectivity index (χ2v) is 3.80.